The summed E-state index contributed by atoms with van der Waals surface area (Å²) in [5.41, 5.74) is 3.91. The summed E-state index contributed by atoms with van der Waals surface area (Å²) < 4.78 is 0. The van der Waals surface area contributed by atoms with Gasteiger partial charge in [-0.25, -0.2) is 0 Å². The van der Waals surface area contributed by atoms with Crippen LogP contribution in [-0.2, 0) is 0 Å². The average Bonchev–Trinajstić information content (AvgIpc) is 2.38. The number of hydrogen-bond donors (Lipinski definition) is 1. The minimum Gasteiger partial charge on any atom is -0.326 e. The summed E-state index contributed by atoms with van der Waals surface area (Å²) in [5, 5.41) is 1.10. The van der Waals surface area contributed by atoms with E-state index in [4.69, 9.17) is 0 Å². The Kier molecular flexibility index (Phi) is 2.45. The van der Waals surface area contributed by atoms with Gasteiger partial charge >= 0.3 is 0 Å². The number of aromatic amines is 1. The molecular formula is C15H12N2O. The van der Waals surface area contributed by atoms with Gasteiger partial charge in [0.15, 0.2) is 0 Å². The quantitative estimate of drug-likeness (QED) is 0.706. The summed E-state index contributed by atoms with van der Waals surface area (Å²) in [7, 11) is 0. The highest BCUT2D eigenvalue weighted by atomic mass is 16.1. The van der Waals surface area contributed by atoms with Gasteiger partial charge in [-0.2, -0.15) is 0 Å². The molecule has 0 amide bonds. The number of fused-ring (bicyclic) bond motifs is 1. The Bertz CT molecular complexity index is 775. The average molecular weight is 236 g/mol. The van der Waals surface area contributed by atoms with Crippen molar-refractivity contribution in [3.8, 4) is 11.1 Å². The highest BCUT2D eigenvalue weighted by Crippen LogP contribution is 2.24. The van der Waals surface area contributed by atoms with Crippen LogP contribution in [-0.4, -0.2) is 9.97 Å². The van der Waals surface area contributed by atoms with Crippen LogP contribution in [0.15, 0.2) is 53.5 Å². The summed E-state index contributed by atoms with van der Waals surface area (Å²) in [6.07, 6.45) is 1.78. The third kappa shape index (κ3) is 1.80. The first kappa shape index (κ1) is 10.7. The van der Waals surface area contributed by atoms with Gasteiger partial charge in [0.2, 0.25) is 5.56 Å². The van der Waals surface area contributed by atoms with E-state index in [2.05, 4.69) is 16.0 Å². The number of aromatic nitrogens is 2. The minimum absolute atomic E-state index is 0.0706. The maximum Gasteiger partial charge on any atom is 0.248 e. The van der Waals surface area contributed by atoms with Gasteiger partial charge in [0, 0.05) is 28.9 Å². The van der Waals surface area contributed by atoms with Crippen LogP contribution in [0.5, 0.6) is 0 Å². The first-order valence-corrected chi connectivity index (χ1v) is 5.79. The van der Waals surface area contributed by atoms with E-state index in [1.165, 1.54) is 0 Å². The molecule has 3 aromatic rings. The van der Waals surface area contributed by atoms with E-state index in [0.29, 0.717) is 0 Å². The molecular weight excluding hydrogens is 224 g/mol. The second kappa shape index (κ2) is 4.11. The normalized spacial score (nSPS) is 10.7. The van der Waals surface area contributed by atoms with Crippen molar-refractivity contribution in [3.05, 3.63) is 64.7 Å². The van der Waals surface area contributed by atoms with Crippen molar-refractivity contribution in [2.45, 2.75) is 6.92 Å². The summed E-state index contributed by atoms with van der Waals surface area (Å²) in [6.45, 7) is 1.91. The zero-order chi connectivity index (χ0) is 12.5. The van der Waals surface area contributed by atoms with Crippen LogP contribution in [0, 0.1) is 6.92 Å². The number of nitrogens with zero attached hydrogens (tertiary/aromatic N) is 1. The molecule has 1 N–H and O–H groups in total. The maximum absolute atomic E-state index is 11.2. The first-order chi connectivity index (χ1) is 8.74. The molecule has 0 unspecified atom stereocenters. The lowest BCUT2D eigenvalue weighted by Gasteiger charge is -2.06. The van der Waals surface area contributed by atoms with Crippen molar-refractivity contribution in [1.29, 1.82) is 0 Å². The van der Waals surface area contributed by atoms with Gasteiger partial charge < -0.3 is 4.98 Å². The molecule has 0 aliphatic heterocycles. The fraction of sp³-hybridized carbons (Fsp3) is 0.0667. The van der Waals surface area contributed by atoms with E-state index in [0.717, 1.165) is 27.7 Å². The number of hydrogen-bond acceptors (Lipinski definition) is 2. The Hall–Kier alpha value is -2.42. The van der Waals surface area contributed by atoms with E-state index in [1.807, 2.05) is 37.3 Å². The van der Waals surface area contributed by atoms with Crippen LogP contribution in [0.4, 0.5) is 0 Å². The summed E-state index contributed by atoms with van der Waals surface area (Å²) >= 11 is 0. The predicted molar refractivity (Wildman–Crippen MR) is 72.5 cm³/mol. The van der Waals surface area contributed by atoms with Crippen LogP contribution in [0.1, 0.15) is 5.69 Å². The number of aryl methyl sites for hydroxylation is 1. The van der Waals surface area contributed by atoms with Gasteiger partial charge in [0.1, 0.15) is 0 Å². The number of benzene rings is 1. The third-order valence-electron chi connectivity index (χ3n) is 3.03. The second-order valence-corrected chi connectivity index (χ2v) is 4.27. The van der Waals surface area contributed by atoms with Gasteiger partial charge in [-0.05, 0) is 36.8 Å². The SMILES string of the molecule is Cc1[nH]c(=O)ccc1-c1ccc2ncccc2c1. The molecule has 0 spiro atoms. The molecule has 0 aliphatic carbocycles. The van der Waals surface area contributed by atoms with Crippen LogP contribution >= 0.6 is 0 Å². The molecule has 0 fully saturated rings. The van der Waals surface area contributed by atoms with Crippen molar-refractivity contribution < 1.29 is 0 Å². The third-order valence-corrected chi connectivity index (χ3v) is 3.03. The van der Waals surface area contributed by atoms with Crippen molar-refractivity contribution in [2.24, 2.45) is 0 Å². The standard InChI is InChI=1S/C15H12N2O/c1-10-13(5-7-15(18)17-10)11-4-6-14-12(9-11)3-2-8-16-14/h2-9H,1H3,(H,17,18). The largest absolute Gasteiger partial charge is 0.326 e. The van der Waals surface area contributed by atoms with Crippen LogP contribution < -0.4 is 5.56 Å². The Morgan fingerprint density at radius 3 is 2.83 bits per heavy atom. The molecule has 0 saturated heterocycles. The number of pyridine rings is 2. The van der Waals surface area contributed by atoms with Gasteiger partial charge in [0.05, 0.1) is 5.52 Å². The molecule has 3 nitrogen and oxygen atoms in total. The maximum atomic E-state index is 11.2. The monoisotopic (exact) mass is 236 g/mol. The Morgan fingerprint density at radius 2 is 2.00 bits per heavy atom. The van der Waals surface area contributed by atoms with Crippen molar-refractivity contribution >= 4 is 10.9 Å². The van der Waals surface area contributed by atoms with E-state index in [9.17, 15) is 4.79 Å². The Labute approximate surface area is 104 Å². The lowest BCUT2D eigenvalue weighted by molar-refractivity contribution is 1.15. The van der Waals surface area contributed by atoms with Crippen molar-refractivity contribution in [1.82, 2.24) is 9.97 Å². The smallest absolute Gasteiger partial charge is 0.248 e. The summed E-state index contributed by atoms with van der Waals surface area (Å²) in [4.78, 5) is 18.3. The molecule has 3 rings (SSSR count). The fourth-order valence-corrected chi connectivity index (χ4v) is 2.13. The van der Waals surface area contributed by atoms with Gasteiger partial charge in [-0.1, -0.05) is 12.1 Å². The van der Waals surface area contributed by atoms with Crippen LogP contribution in [0.25, 0.3) is 22.0 Å². The fourth-order valence-electron chi connectivity index (χ4n) is 2.13. The van der Waals surface area contributed by atoms with Gasteiger partial charge in [-0.3, -0.25) is 9.78 Å². The lowest BCUT2D eigenvalue weighted by atomic mass is 10.0. The number of rotatable bonds is 1. The molecule has 2 heterocycles. The van der Waals surface area contributed by atoms with E-state index < -0.39 is 0 Å². The Morgan fingerprint density at radius 1 is 1.11 bits per heavy atom. The molecule has 88 valence electrons. The van der Waals surface area contributed by atoms with Crippen molar-refractivity contribution in [3.63, 3.8) is 0 Å². The van der Waals surface area contributed by atoms with E-state index in [-0.39, 0.29) is 5.56 Å². The molecule has 0 aliphatic rings. The predicted octanol–water partition coefficient (Wildman–Crippen LogP) is 2.90. The number of nitrogens with one attached hydrogen (secondary N) is 1. The minimum atomic E-state index is -0.0706. The van der Waals surface area contributed by atoms with E-state index in [1.54, 1.807) is 12.3 Å². The first-order valence-electron chi connectivity index (χ1n) is 5.79. The summed E-state index contributed by atoms with van der Waals surface area (Å²) in [5.74, 6) is 0. The number of H-pyrrole nitrogens is 1. The summed E-state index contributed by atoms with van der Waals surface area (Å²) in [6, 6.07) is 13.5. The molecule has 2 aromatic heterocycles. The van der Waals surface area contributed by atoms with E-state index >= 15 is 0 Å². The Balaban J connectivity index is 2.22. The highest BCUT2D eigenvalue weighted by Gasteiger charge is 2.03. The molecule has 3 heteroatoms. The zero-order valence-corrected chi connectivity index (χ0v) is 9.97. The van der Waals surface area contributed by atoms with Gasteiger partial charge in [0.25, 0.3) is 0 Å². The molecule has 0 atom stereocenters. The molecule has 0 saturated carbocycles. The van der Waals surface area contributed by atoms with Crippen molar-refractivity contribution in [2.75, 3.05) is 0 Å². The molecule has 0 bridgehead atoms. The second-order valence-electron chi connectivity index (χ2n) is 4.27. The highest BCUT2D eigenvalue weighted by molar-refractivity contribution is 5.84. The molecule has 0 radical (unpaired) electrons. The zero-order valence-electron chi connectivity index (χ0n) is 9.97. The van der Waals surface area contributed by atoms with Gasteiger partial charge in [-0.15, -0.1) is 0 Å². The lowest BCUT2D eigenvalue weighted by Crippen LogP contribution is -2.05. The molecule has 1 aromatic carbocycles. The van der Waals surface area contributed by atoms with Crippen LogP contribution in [0.2, 0.25) is 0 Å². The molecule has 18 heavy (non-hydrogen) atoms. The van der Waals surface area contributed by atoms with Crippen LogP contribution in [0.3, 0.4) is 0 Å². The topological polar surface area (TPSA) is 45.8 Å².